The number of hydrogen-bond acceptors (Lipinski definition) is 10. The van der Waals surface area contributed by atoms with E-state index >= 15 is 4.39 Å². The predicted molar refractivity (Wildman–Crippen MR) is 126 cm³/mol. The van der Waals surface area contributed by atoms with E-state index in [-0.39, 0.29) is 22.7 Å². The number of methoxy groups -OCH3 is 1. The quantitative estimate of drug-likeness (QED) is 0.240. The van der Waals surface area contributed by atoms with E-state index < -0.39 is 42.6 Å². The first-order valence-corrected chi connectivity index (χ1v) is 12.0. The van der Waals surface area contributed by atoms with E-state index in [0.717, 1.165) is 20.3 Å². The summed E-state index contributed by atoms with van der Waals surface area (Å²) in [6.45, 7) is -0.179. The highest BCUT2D eigenvalue weighted by molar-refractivity contribution is 7.71. The molecule has 0 saturated carbocycles. The molecule has 0 spiro atoms. The molecule has 2 aliphatic rings. The average Bonchev–Trinajstić information content (AvgIpc) is 2.94. The van der Waals surface area contributed by atoms with Crippen LogP contribution in [0.2, 0.25) is 0 Å². The largest absolute Gasteiger partial charge is 0.529 e. The molecule has 3 heterocycles. The van der Waals surface area contributed by atoms with Gasteiger partial charge in [0.1, 0.15) is 38.2 Å². The molecule has 180 valence electrons. The summed E-state index contributed by atoms with van der Waals surface area (Å²) in [7, 11) is 0.412. The zero-order valence-corrected chi connectivity index (χ0v) is 20.4. The summed E-state index contributed by atoms with van der Waals surface area (Å²) in [6, 6.07) is 6.25. The molecule has 2 aromatic rings. The summed E-state index contributed by atoms with van der Waals surface area (Å²) in [6.07, 6.45) is -2.96. The Morgan fingerprint density at radius 2 is 2.06 bits per heavy atom. The number of hydrogen-bond donors (Lipinski definition) is 3. The third-order valence-corrected chi connectivity index (χ3v) is 7.68. The minimum Gasteiger partial charge on any atom is -0.493 e. The lowest BCUT2D eigenvalue weighted by Crippen LogP contribution is -2.60. The number of phosphoric acid groups is 1. The lowest BCUT2D eigenvalue weighted by atomic mass is 9.59. The van der Waals surface area contributed by atoms with E-state index in [9.17, 15) is 19.6 Å². The molecular formula is C17H21B3FN2O9PS. The summed E-state index contributed by atoms with van der Waals surface area (Å²) in [5.41, 5.74) is -2.35. The Hall–Kier alpha value is -1.93. The van der Waals surface area contributed by atoms with Crippen molar-refractivity contribution in [1.82, 2.24) is 9.55 Å². The van der Waals surface area contributed by atoms with E-state index in [2.05, 4.69) is 4.98 Å². The Labute approximate surface area is 201 Å². The second-order valence-electron chi connectivity index (χ2n) is 8.53. The Morgan fingerprint density at radius 3 is 2.71 bits per heavy atom. The molecule has 1 fully saturated rings. The van der Waals surface area contributed by atoms with Gasteiger partial charge in [0.25, 0.3) is 5.85 Å². The smallest absolute Gasteiger partial charge is 0.493 e. The van der Waals surface area contributed by atoms with Crippen LogP contribution in [-0.4, -0.2) is 73.9 Å². The number of aromatic nitrogens is 2. The topological polar surface area (TPSA) is 141 Å². The summed E-state index contributed by atoms with van der Waals surface area (Å²) in [4.78, 5) is 14.7. The van der Waals surface area contributed by atoms with E-state index in [0.29, 0.717) is 5.56 Å². The molecule has 0 radical (unpaired) electrons. The number of alkyl halides is 1. The molecule has 4 rings (SSSR count). The highest BCUT2D eigenvalue weighted by Gasteiger charge is 2.69. The van der Waals surface area contributed by atoms with Crippen LogP contribution >= 0.6 is 20.0 Å². The number of para-hydroxylation sites is 1. The number of rotatable bonds is 5. The molecule has 11 nitrogen and oxygen atoms in total. The molecule has 2 aliphatic heterocycles. The van der Waals surface area contributed by atoms with Gasteiger partial charge in [-0.05, 0) is 12.1 Å². The van der Waals surface area contributed by atoms with Crippen molar-refractivity contribution in [2.45, 2.75) is 35.7 Å². The van der Waals surface area contributed by atoms with Crippen LogP contribution in [0.15, 0.2) is 35.3 Å². The highest BCUT2D eigenvalue weighted by atomic mass is 32.1. The van der Waals surface area contributed by atoms with Crippen molar-refractivity contribution in [1.29, 1.82) is 0 Å². The van der Waals surface area contributed by atoms with Gasteiger partial charge in [-0.1, -0.05) is 24.4 Å². The standard InChI is InChI=1S/C17H21B3FN2O9PS/c1-28-9-4-2-3-8-7-29-33(27,30-11(8)9)32-17(19,20)15(21)12(24)13(25)16(18,31-15)23-6-5-10(34)22-14(23)26/h2-6,12-13,24-25H,7,18-20H2,1H3,(H,22,26,34)/t12-,13+,15-,16-,33?/m0/s1. The number of halogens is 1. The van der Waals surface area contributed by atoms with Gasteiger partial charge in [0, 0.05) is 11.8 Å². The molecule has 1 saturated heterocycles. The fourth-order valence-corrected chi connectivity index (χ4v) is 5.67. The first-order valence-electron chi connectivity index (χ1n) is 10.1. The van der Waals surface area contributed by atoms with Crippen LogP contribution in [0.4, 0.5) is 4.39 Å². The van der Waals surface area contributed by atoms with E-state index in [1.807, 2.05) is 0 Å². The van der Waals surface area contributed by atoms with Gasteiger partial charge in [0.05, 0.1) is 19.1 Å². The maximum Gasteiger partial charge on any atom is 0.529 e. The van der Waals surface area contributed by atoms with Crippen LogP contribution in [0, 0.1) is 4.64 Å². The number of aliphatic hydroxyl groups is 2. The molecule has 34 heavy (non-hydrogen) atoms. The minimum absolute atomic E-state index is 0.104. The van der Waals surface area contributed by atoms with Gasteiger partial charge in [-0.15, -0.1) is 0 Å². The van der Waals surface area contributed by atoms with Crippen LogP contribution in [0.5, 0.6) is 11.5 Å². The predicted octanol–water partition coefficient (Wildman–Crippen LogP) is -1.77. The number of ether oxygens (including phenoxy) is 2. The molecule has 3 N–H and O–H groups in total. The summed E-state index contributed by atoms with van der Waals surface area (Å²) < 4.78 is 57.5. The van der Waals surface area contributed by atoms with Gasteiger partial charge in [-0.3, -0.25) is 18.6 Å². The van der Waals surface area contributed by atoms with Gasteiger partial charge in [-0.25, -0.2) is 13.8 Å². The van der Waals surface area contributed by atoms with E-state index in [1.54, 1.807) is 18.2 Å². The highest BCUT2D eigenvalue weighted by Crippen LogP contribution is 2.60. The van der Waals surface area contributed by atoms with E-state index in [1.165, 1.54) is 27.2 Å². The molecule has 0 amide bonds. The van der Waals surface area contributed by atoms with Gasteiger partial charge in [0.15, 0.2) is 19.3 Å². The van der Waals surface area contributed by atoms with Crippen molar-refractivity contribution in [3.63, 3.8) is 0 Å². The third kappa shape index (κ3) is 3.87. The summed E-state index contributed by atoms with van der Waals surface area (Å²) in [5, 5.41) is 19.2. The second-order valence-corrected chi connectivity index (χ2v) is 10.5. The van der Waals surface area contributed by atoms with Crippen LogP contribution in [0.3, 0.4) is 0 Å². The van der Waals surface area contributed by atoms with Gasteiger partial charge < -0.3 is 24.2 Å². The fraction of sp³-hybridized carbons (Fsp3) is 0.412. The third-order valence-electron chi connectivity index (χ3n) is 5.91. The van der Waals surface area contributed by atoms with Gasteiger partial charge in [-0.2, -0.15) is 0 Å². The first kappa shape index (κ1) is 25.2. The van der Waals surface area contributed by atoms with Crippen LogP contribution in [0.25, 0.3) is 0 Å². The second kappa shape index (κ2) is 8.33. The van der Waals surface area contributed by atoms with Crippen molar-refractivity contribution < 1.29 is 42.2 Å². The van der Waals surface area contributed by atoms with Crippen molar-refractivity contribution in [2.75, 3.05) is 7.11 Å². The summed E-state index contributed by atoms with van der Waals surface area (Å²) in [5.74, 6) is -2.80. The number of nitrogens with one attached hydrogen (secondary N) is 1. The van der Waals surface area contributed by atoms with Gasteiger partial charge >= 0.3 is 13.5 Å². The maximum atomic E-state index is 16.3. The minimum atomic E-state index is -4.46. The fourth-order valence-electron chi connectivity index (χ4n) is 3.97. The van der Waals surface area contributed by atoms with Crippen LogP contribution < -0.4 is 15.0 Å². The molecule has 0 aliphatic carbocycles. The average molecular weight is 512 g/mol. The lowest BCUT2D eigenvalue weighted by Gasteiger charge is -2.41. The number of benzene rings is 1. The van der Waals surface area contributed by atoms with Crippen molar-refractivity contribution in [3.05, 3.63) is 51.2 Å². The van der Waals surface area contributed by atoms with Crippen molar-refractivity contribution in [2.24, 2.45) is 0 Å². The molecule has 5 atom stereocenters. The zero-order valence-electron chi connectivity index (χ0n) is 18.7. The van der Waals surface area contributed by atoms with Crippen molar-refractivity contribution >= 4 is 43.6 Å². The number of fused-ring (bicyclic) bond motifs is 1. The molecule has 17 heteroatoms. The number of H-pyrrole nitrogens is 1. The molecule has 1 aromatic carbocycles. The number of nitrogens with zero attached hydrogens (tertiary/aromatic N) is 1. The normalized spacial score (nSPS) is 33.2. The molecule has 1 unspecified atom stereocenters. The zero-order chi connectivity index (χ0) is 25.1. The Morgan fingerprint density at radius 1 is 1.35 bits per heavy atom. The molecular weight excluding hydrogens is 491 g/mol. The Kier molecular flexibility index (Phi) is 6.17. The SMILES string of the molecule is BC(B)(OP1(=O)OCc2cccc(OC)c2O1)[C@@]1(F)O[C@@](B)(n2ccc(=S)[nH]c2=O)[C@H](O)[C@@H]1O. The maximum absolute atomic E-state index is 16.3. The van der Waals surface area contributed by atoms with Gasteiger partial charge in [0.2, 0.25) is 0 Å². The Bertz CT molecular complexity index is 1280. The van der Waals surface area contributed by atoms with Crippen molar-refractivity contribution in [3.8, 4) is 11.5 Å². The Balaban J connectivity index is 1.67. The lowest BCUT2D eigenvalue weighted by molar-refractivity contribution is -0.240. The number of aliphatic hydroxyl groups excluding tert-OH is 2. The van der Waals surface area contributed by atoms with E-state index in [4.69, 9.17) is 35.3 Å². The van der Waals surface area contributed by atoms with Crippen LogP contribution in [0.1, 0.15) is 5.56 Å². The molecule has 0 bridgehead atoms. The number of aromatic amines is 1. The summed E-state index contributed by atoms with van der Waals surface area (Å²) >= 11 is 4.89. The first-order chi connectivity index (χ1) is 15.8. The number of phosphoric ester groups is 1. The monoisotopic (exact) mass is 512 g/mol. The molecule has 1 aromatic heterocycles. The van der Waals surface area contributed by atoms with Crippen LogP contribution in [-0.2, 0) is 30.6 Å².